The SMILES string of the molecule is CCOC(=O)CSc1nc(C)cc(=O)n1C. The highest BCUT2D eigenvalue weighted by molar-refractivity contribution is 7.99. The lowest BCUT2D eigenvalue weighted by Crippen LogP contribution is -2.20. The number of hydrogen-bond donors (Lipinski definition) is 0. The minimum atomic E-state index is -0.303. The van der Waals surface area contributed by atoms with Gasteiger partial charge >= 0.3 is 5.97 Å². The second-order valence-corrected chi connectivity index (χ2v) is 4.11. The zero-order valence-electron chi connectivity index (χ0n) is 9.52. The van der Waals surface area contributed by atoms with E-state index in [2.05, 4.69) is 4.98 Å². The summed E-state index contributed by atoms with van der Waals surface area (Å²) in [6, 6.07) is 1.45. The molecule has 1 heterocycles. The third-order valence-electron chi connectivity index (χ3n) is 1.85. The van der Waals surface area contributed by atoms with Gasteiger partial charge in [0.25, 0.3) is 5.56 Å². The number of ether oxygens (including phenoxy) is 1. The molecule has 1 aromatic heterocycles. The first-order valence-corrected chi connectivity index (χ1v) is 5.86. The van der Waals surface area contributed by atoms with Crippen molar-refractivity contribution in [3.8, 4) is 0 Å². The molecule has 0 unspecified atom stereocenters. The van der Waals surface area contributed by atoms with Gasteiger partial charge in [-0.1, -0.05) is 11.8 Å². The van der Waals surface area contributed by atoms with Gasteiger partial charge in [-0.25, -0.2) is 4.98 Å². The molecular weight excluding hydrogens is 228 g/mol. The molecule has 0 radical (unpaired) electrons. The zero-order valence-corrected chi connectivity index (χ0v) is 10.3. The molecule has 0 saturated heterocycles. The molecule has 1 aromatic rings. The minimum absolute atomic E-state index is 0.126. The second kappa shape index (κ2) is 5.69. The molecule has 16 heavy (non-hydrogen) atoms. The number of esters is 1. The van der Waals surface area contributed by atoms with Crippen molar-refractivity contribution in [1.82, 2.24) is 9.55 Å². The highest BCUT2D eigenvalue weighted by atomic mass is 32.2. The zero-order chi connectivity index (χ0) is 12.1. The monoisotopic (exact) mass is 242 g/mol. The summed E-state index contributed by atoms with van der Waals surface area (Å²) in [7, 11) is 1.63. The molecule has 0 amide bonds. The summed E-state index contributed by atoms with van der Waals surface area (Å²) in [6.45, 7) is 3.86. The van der Waals surface area contributed by atoms with E-state index in [1.807, 2.05) is 0 Å². The molecule has 0 fully saturated rings. The van der Waals surface area contributed by atoms with Crippen LogP contribution in [0.5, 0.6) is 0 Å². The Morgan fingerprint density at radius 3 is 2.94 bits per heavy atom. The van der Waals surface area contributed by atoms with Gasteiger partial charge in [0, 0.05) is 18.8 Å². The quantitative estimate of drug-likeness (QED) is 0.443. The van der Waals surface area contributed by atoms with Crippen LogP contribution in [0.3, 0.4) is 0 Å². The summed E-state index contributed by atoms with van der Waals surface area (Å²) in [5.41, 5.74) is 0.522. The number of thioether (sulfide) groups is 1. The van der Waals surface area contributed by atoms with E-state index in [9.17, 15) is 9.59 Å². The van der Waals surface area contributed by atoms with Crippen LogP contribution in [0.1, 0.15) is 12.6 Å². The van der Waals surface area contributed by atoms with E-state index >= 15 is 0 Å². The summed E-state index contributed by atoms with van der Waals surface area (Å²) in [4.78, 5) is 26.7. The molecule has 0 atom stereocenters. The maximum atomic E-state index is 11.4. The van der Waals surface area contributed by atoms with Crippen molar-refractivity contribution < 1.29 is 9.53 Å². The summed E-state index contributed by atoms with van der Waals surface area (Å²) in [6.07, 6.45) is 0. The Bertz CT molecular complexity index is 442. The van der Waals surface area contributed by atoms with E-state index in [-0.39, 0.29) is 17.3 Å². The Labute approximate surface area is 97.8 Å². The second-order valence-electron chi connectivity index (χ2n) is 3.17. The molecule has 0 aliphatic rings. The van der Waals surface area contributed by atoms with Gasteiger partial charge in [0.1, 0.15) is 0 Å². The summed E-state index contributed by atoms with van der Waals surface area (Å²) >= 11 is 1.20. The van der Waals surface area contributed by atoms with Gasteiger partial charge in [-0.3, -0.25) is 14.2 Å². The predicted octanol–water partition coefficient (Wildman–Crippen LogP) is 0.744. The fourth-order valence-electron chi connectivity index (χ4n) is 1.08. The number of nitrogens with zero attached hydrogens (tertiary/aromatic N) is 2. The highest BCUT2D eigenvalue weighted by Crippen LogP contribution is 2.13. The lowest BCUT2D eigenvalue weighted by atomic mass is 10.4. The van der Waals surface area contributed by atoms with Crippen molar-refractivity contribution in [3.63, 3.8) is 0 Å². The largest absolute Gasteiger partial charge is 0.465 e. The van der Waals surface area contributed by atoms with Gasteiger partial charge in [-0.2, -0.15) is 0 Å². The molecule has 88 valence electrons. The van der Waals surface area contributed by atoms with Gasteiger partial charge < -0.3 is 4.74 Å². The van der Waals surface area contributed by atoms with Crippen molar-refractivity contribution in [3.05, 3.63) is 22.1 Å². The molecule has 0 bridgehead atoms. The third kappa shape index (κ3) is 3.37. The number of hydrogen-bond acceptors (Lipinski definition) is 5. The first-order chi connectivity index (χ1) is 7.54. The molecule has 0 aromatic carbocycles. The first-order valence-electron chi connectivity index (χ1n) is 4.87. The van der Waals surface area contributed by atoms with E-state index < -0.39 is 0 Å². The molecular formula is C10H14N2O3S. The molecule has 6 heteroatoms. The van der Waals surface area contributed by atoms with Gasteiger partial charge in [0.2, 0.25) is 0 Å². The maximum absolute atomic E-state index is 11.4. The van der Waals surface area contributed by atoms with Crippen LogP contribution >= 0.6 is 11.8 Å². The Hall–Kier alpha value is -1.30. The number of carbonyl (C=O) groups is 1. The van der Waals surface area contributed by atoms with Gasteiger partial charge in [0.15, 0.2) is 5.16 Å². The van der Waals surface area contributed by atoms with Crippen molar-refractivity contribution in [2.45, 2.75) is 19.0 Å². The number of aryl methyl sites for hydroxylation is 1. The molecule has 0 aliphatic heterocycles. The van der Waals surface area contributed by atoms with Crippen molar-refractivity contribution >= 4 is 17.7 Å². The average Bonchev–Trinajstić information content (AvgIpc) is 2.21. The third-order valence-corrected chi connectivity index (χ3v) is 2.85. The Balaban J connectivity index is 2.74. The highest BCUT2D eigenvalue weighted by Gasteiger charge is 2.08. The van der Waals surface area contributed by atoms with Crippen LogP contribution in [-0.4, -0.2) is 27.9 Å². The summed E-state index contributed by atoms with van der Waals surface area (Å²) in [5.74, 6) is -0.138. The average molecular weight is 242 g/mol. The van der Waals surface area contributed by atoms with E-state index in [0.717, 1.165) is 0 Å². The Kier molecular flexibility index (Phi) is 4.54. The lowest BCUT2D eigenvalue weighted by Gasteiger charge is -2.06. The van der Waals surface area contributed by atoms with Crippen LogP contribution < -0.4 is 5.56 Å². The van der Waals surface area contributed by atoms with Crippen molar-refractivity contribution in [1.29, 1.82) is 0 Å². The fourth-order valence-corrected chi connectivity index (χ4v) is 1.91. The minimum Gasteiger partial charge on any atom is -0.465 e. The Morgan fingerprint density at radius 2 is 2.31 bits per heavy atom. The normalized spacial score (nSPS) is 10.2. The van der Waals surface area contributed by atoms with Crippen LogP contribution in [0.15, 0.2) is 16.0 Å². The van der Waals surface area contributed by atoms with Crippen LogP contribution in [0.25, 0.3) is 0 Å². The van der Waals surface area contributed by atoms with E-state index in [4.69, 9.17) is 4.74 Å². The molecule has 0 saturated carbocycles. The van der Waals surface area contributed by atoms with Gasteiger partial charge in [-0.05, 0) is 13.8 Å². The fraction of sp³-hybridized carbons (Fsp3) is 0.500. The molecule has 5 nitrogen and oxygen atoms in total. The molecule has 0 N–H and O–H groups in total. The first kappa shape index (κ1) is 12.8. The topological polar surface area (TPSA) is 61.2 Å². The molecule has 0 spiro atoms. The predicted molar refractivity (Wildman–Crippen MR) is 61.6 cm³/mol. The lowest BCUT2D eigenvalue weighted by molar-refractivity contribution is -0.139. The molecule has 1 rings (SSSR count). The van der Waals surface area contributed by atoms with Crippen LogP contribution in [0.2, 0.25) is 0 Å². The standard InChI is InChI=1S/C10H14N2O3S/c1-4-15-9(14)6-16-10-11-7(2)5-8(13)12(10)3/h5H,4,6H2,1-3H3. The van der Waals surface area contributed by atoms with E-state index in [1.165, 1.54) is 22.4 Å². The number of aromatic nitrogens is 2. The van der Waals surface area contributed by atoms with Crippen LogP contribution in [-0.2, 0) is 16.6 Å². The number of carbonyl (C=O) groups excluding carboxylic acids is 1. The van der Waals surface area contributed by atoms with Crippen LogP contribution in [0.4, 0.5) is 0 Å². The summed E-state index contributed by atoms with van der Waals surface area (Å²) in [5, 5.41) is 0.526. The smallest absolute Gasteiger partial charge is 0.316 e. The van der Waals surface area contributed by atoms with Crippen LogP contribution in [0, 0.1) is 6.92 Å². The number of rotatable bonds is 4. The van der Waals surface area contributed by atoms with E-state index in [1.54, 1.807) is 20.9 Å². The Morgan fingerprint density at radius 1 is 1.62 bits per heavy atom. The van der Waals surface area contributed by atoms with E-state index in [0.29, 0.717) is 17.5 Å². The summed E-state index contributed by atoms with van der Waals surface area (Å²) < 4.78 is 6.20. The van der Waals surface area contributed by atoms with Crippen molar-refractivity contribution in [2.75, 3.05) is 12.4 Å². The van der Waals surface area contributed by atoms with Crippen molar-refractivity contribution in [2.24, 2.45) is 7.05 Å². The maximum Gasteiger partial charge on any atom is 0.316 e. The molecule has 0 aliphatic carbocycles. The van der Waals surface area contributed by atoms with Gasteiger partial charge in [0.05, 0.1) is 12.4 Å². The van der Waals surface area contributed by atoms with Gasteiger partial charge in [-0.15, -0.1) is 0 Å².